The van der Waals surface area contributed by atoms with Crippen molar-refractivity contribution in [2.75, 3.05) is 25.0 Å². The smallest absolute Gasteiger partial charge is 0.411 e. The Kier molecular flexibility index (Phi) is 11.3. The van der Waals surface area contributed by atoms with Crippen LogP contribution in [0.2, 0.25) is 0 Å². The molecule has 2 aromatic rings. The monoisotopic (exact) mass is 487 g/mol. The van der Waals surface area contributed by atoms with Crippen molar-refractivity contribution < 1.29 is 29.3 Å². The van der Waals surface area contributed by atoms with Crippen LogP contribution in [0.4, 0.5) is 10.5 Å². The molecule has 192 valence electrons. The number of hydrogen-bond donors (Lipinski definition) is 5. The molecular weight excluding hydrogens is 450 g/mol. The van der Waals surface area contributed by atoms with E-state index >= 15 is 0 Å². The number of benzene rings is 1. The first-order valence-corrected chi connectivity index (χ1v) is 12.0. The number of carbonyl (C=O) groups excluding carboxylic acids is 1. The highest BCUT2D eigenvalue weighted by molar-refractivity contribution is 5.92. The molecule has 1 atom stereocenters. The van der Waals surface area contributed by atoms with Crippen LogP contribution in [0.5, 0.6) is 0 Å². The van der Waals surface area contributed by atoms with E-state index in [-0.39, 0.29) is 0 Å². The Morgan fingerprint density at radius 2 is 2.00 bits per heavy atom. The minimum absolute atomic E-state index is 0.399. The number of fused-ring (bicyclic) bond motifs is 3. The first-order chi connectivity index (χ1) is 16.7. The van der Waals surface area contributed by atoms with Crippen molar-refractivity contribution in [3.63, 3.8) is 0 Å². The molecule has 1 aliphatic carbocycles. The Morgan fingerprint density at radius 3 is 2.63 bits per heavy atom. The summed E-state index contributed by atoms with van der Waals surface area (Å²) in [6, 6.07) is 6.05. The standard InChI is InChI=1S/C23H33N3O2.C3H4O4/c1-4-5-6-11-28-23(27)25-18-8-10-22-20(13-18)19-12-17(7-9-21(19)26-22)15-24-14-16(2)3;4-2(5)1-3(6)7/h4,8,10,13,16-17,24,26H,1,5-7,9,11-12,14-15H2,2-3H3,(H,25,27);1H2,(H,4,5)(H,6,7). The van der Waals surface area contributed by atoms with Gasteiger partial charge in [0.15, 0.2) is 0 Å². The lowest BCUT2D eigenvalue weighted by atomic mass is 9.86. The molecule has 1 heterocycles. The molecule has 1 aliphatic rings. The summed E-state index contributed by atoms with van der Waals surface area (Å²) in [7, 11) is 0. The number of allylic oxidation sites excluding steroid dienone is 1. The number of aliphatic carboxylic acids is 2. The molecule has 3 rings (SSSR count). The number of hydrogen-bond acceptors (Lipinski definition) is 5. The van der Waals surface area contributed by atoms with Gasteiger partial charge in [0.1, 0.15) is 6.42 Å². The van der Waals surface area contributed by atoms with Crippen molar-refractivity contribution in [2.24, 2.45) is 11.8 Å². The Hall–Kier alpha value is -3.33. The molecule has 1 aromatic heterocycles. The zero-order valence-corrected chi connectivity index (χ0v) is 20.6. The molecule has 35 heavy (non-hydrogen) atoms. The molecule has 1 amide bonds. The van der Waals surface area contributed by atoms with Crippen LogP contribution in [0.1, 0.15) is 50.8 Å². The summed E-state index contributed by atoms with van der Waals surface area (Å²) in [6.45, 7) is 10.7. The van der Waals surface area contributed by atoms with Crippen molar-refractivity contribution >= 4 is 34.6 Å². The number of carbonyl (C=O) groups is 3. The fourth-order valence-electron chi connectivity index (χ4n) is 3.99. The molecule has 0 bridgehead atoms. The number of anilines is 1. The Bertz CT molecular complexity index is 1000. The van der Waals surface area contributed by atoms with E-state index in [0.29, 0.717) is 18.4 Å². The van der Waals surface area contributed by atoms with Crippen molar-refractivity contribution in [3.8, 4) is 0 Å². The van der Waals surface area contributed by atoms with E-state index in [4.69, 9.17) is 14.9 Å². The first-order valence-electron chi connectivity index (χ1n) is 12.0. The second-order valence-corrected chi connectivity index (χ2v) is 9.16. The predicted molar refractivity (Wildman–Crippen MR) is 136 cm³/mol. The molecule has 5 N–H and O–H groups in total. The molecule has 0 fully saturated rings. The Morgan fingerprint density at radius 1 is 1.26 bits per heavy atom. The number of aryl methyl sites for hydroxylation is 1. The third kappa shape index (κ3) is 9.82. The Labute approximate surface area is 205 Å². The van der Waals surface area contributed by atoms with Gasteiger partial charge in [0, 0.05) is 22.3 Å². The van der Waals surface area contributed by atoms with Crippen LogP contribution in [0.3, 0.4) is 0 Å². The van der Waals surface area contributed by atoms with Gasteiger partial charge in [0.25, 0.3) is 0 Å². The lowest BCUT2D eigenvalue weighted by Crippen LogP contribution is -2.29. The van der Waals surface area contributed by atoms with Crippen LogP contribution in [0.15, 0.2) is 30.9 Å². The van der Waals surface area contributed by atoms with Gasteiger partial charge in [-0.15, -0.1) is 6.58 Å². The highest BCUT2D eigenvalue weighted by Gasteiger charge is 2.22. The van der Waals surface area contributed by atoms with Crippen molar-refractivity contribution in [1.82, 2.24) is 10.3 Å². The fraction of sp³-hybridized carbons (Fsp3) is 0.500. The molecule has 0 saturated carbocycles. The molecule has 9 nitrogen and oxygen atoms in total. The van der Waals surface area contributed by atoms with Gasteiger partial charge in [-0.3, -0.25) is 14.9 Å². The van der Waals surface area contributed by atoms with Crippen LogP contribution in [0.25, 0.3) is 10.9 Å². The predicted octanol–water partition coefficient (Wildman–Crippen LogP) is 4.58. The fourth-order valence-corrected chi connectivity index (χ4v) is 3.99. The second kappa shape index (κ2) is 14.2. The highest BCUT2D eigenvalue weighted by Crippen LogP contribution is 2.33. The van der Waals surface area contributed by atoms with Crippen molar-refractivity contribution in [3.05, 3.63) is 42.1 Å². The van der Waals surface area contributed by atoms with E-state index < -0.39 is 24.5 Å². The van der Waals surface area contributed by atoms with Gasteiger partial charge >= 0.3 is 18.0 Å². The summed E-state index contributed by atoms with van der Waals surface area (Å²) in [5, 5.41) is 23.1. The number of aromatic nitrogens is 1. The lowest BCUT2D eigenvalue weighted by Gasteiger charge is -2.23. The SMILES string of the molecule is C=CCCCOC(=O)Nc1ccc2[nH]c3c(c2c1)CC(CNCC(C)C)CC3.O=C(O)CC(=O)O. The van der Waals surface area contributed by atoms with E-state index in [0.717, 1.165) is 50.0 Å². The number of aromatic amines is 1. The minimum Gasteiger partial charge on any atom is -0.481 e. The largest absolute Gasteiger partial charge is 0.481 e. The van der Waals surface area contributed by atoms with Crippen LogP contribution in [0, 0.1) is 11.8 Å². The molecular formula is C26H37N3O6. The number of nitrogens with one attached hydrogen (secondary N) is 3. The summed E-state index contributed by atoms with van der Waals surface area (Å²) >= 11 is 0. The number of carboxylic acid groups (broad SMARTS) is 2. The second-order valence-electron chi connectivity index (χ2n) is 9.16. The van der Waals surface area contributed by atoms with Crippen LogP contribution < -0.4 is 10.6 Å². The third-order valence-electron chi connectivity index (χ3n) is 5.61. The van der Waals surface area contributed by atoms with E-state index in [1.54, 1.807) is 0 Å². The summed E-state index contributed by atoms with van der Waals surface area (Å²) in [5.41, 5.74) is 4.67. The molecule has 0 saturated heterocycles. The first kappa shape index (κ1) is 27.9. The molecule has 1 unspecified atom stereocenters. The quantitative estimate of drug-likeness (QED) is 0.177. The van der Waals surface area contributed by atoms with Gasteiger partial charge in [-0.05, 0) is 80.8 Å². The van der Waals surface area contributed by atoms with Gasteiger partial charge in [0.2, 0.25) is 0 Å². The summed E-state index contributed by atoms with van der Waals surface area (Å²) in [6.07, 6.45) is 5.66. The molecule has 1 aromatic carbocycles. The molecule has 0 spiro atoms. The number of rotatable bonds is 11. The van der Waals surface area contributed by atoms with E-state index in [9.17, 15) is 14.4 Å². The number of H-pyrrole nitrogens is 1. The molecule has 0 radical (unpaired) electrons. The van der Waals surface area contributed by atoms with Gasteiger partial charge in [-0.1, -0.05) is 19.9 Å². The minimum atomic E-state index is -1.31. The third-order valence-corrected chi connectivity index (χ3v) is 5.61. The van der Waals surface area contributed by atoms with Crippen LogP contribution in [-0.4, -0.2) is 52.9 Å². The average molecular weight is 488 g/mol. The highest BCUT2D eigenvalue weighted by atomic mass is 16.5. The molecule has 9 heteroatoms. The van der Waals surface area contributed by atoms with Gasteiger partial charge < -0.3 is 25.3 Å². The summed E-state index contributed by atoms with van der Waals surface area (Å²) in [4.78, 5) is 34.4. The van der Waals surface area contributed by atoms with E-state index in [1.165, 1.54) is 23.1 Å². The van der Waals surface area contributed by atoms with Gasteiger partial charge in [0.05, 0.1) is 6.61 Å². The number of ether oxygens (including phenoxy) is 1. The maximum absolute atomic E-state index is 12.0. The maximum Gasteiger partial charge on any atom is 0.411 e. The Balaban J connectivity index is 0.000000540. The van der Waals surface area contributed by atoms with Gasteiger partial charge in [-0.25, -0.2) is 4.79 Å². The number of unbranched alkanes of at least 4 members (excludes halogenated alkanes) is 1. The number of amides is 1. The lowest BCUT2D eigenvalue weighted by molar-refractivity contribution is -0.147. The van der Waals surface area contributed by atoms with E-state index in [2.05, 4.69) is 42.1 Å². The van der Waals surface area contributed by atoms with Crippen molar-refractivity contribution in [2.45, 2.75) is 52.4 Å². The molecule has 0 aliphatic heterocycles. The zero-order valence-electron chi connectivity index (χ0n) is 20.6. The van der Waals surface area contributed by atoms with Crippen LogP contribution in [-0.2, 0) is 27.2 Å². The maximum atomic E-state index is 12.0. The summed E-state index contributed by atoms with van der Waals surface area (Å²) < 4.78 is 5.22. The van der Waals surface area contributed by atoms with Gasteiger partial charge in [-0.2, -0.15) is 0 Å². The van der Waals surface area contributed by atoms with E-state index in [1.807, 2.05) is 18.2 Å². The average Bonchev–Trinajstić information content (AvgIpc) is 3.13. The van der Waals surface area contributed by atoms with Crippen molar-refractivity contribution in [1.29, 1.82) is 0 Å². The number of carboxylic acids is 2. The normalized spacial score (nSPS) is 14.5. The topological polar surface area (TPSA) is 141 Å². The zero-order chi connectivity index (χ0) is 25.8. The summed E-state index contributed by atoms with van der Waals surface area (Å²) in [5.74, 6) is -1.28. The van der Waals surface area contributed by atoms with Crippen LogP contribution >= 0.6 is 0 Å².